The van der Waals surface area contributed by atoms with Crippen molar-refractivity contribution < 1.29 is 14.3 Å². The molecule has 0 bridgehead atoms. The third-order valence-electron chi connectivity index (χ3n) is 3.44. The molecule has 0 radical (unpaired) electrons. The molecule has 0 saturated heterocycles. The number of carbonyl (C=O) groups is 1. The topological polar surface area (TPSA) is 93.7 Å². The second-order valence-electron chi connectivity index (χ2n) is 5.32. The molecular weight excluding hydrogens is 322 g/mol. The lowest BCUT2D eigenvalue weighted by atomic mass is 10.1. The lowest BCUT2D eigenvalue weighted by Crippen LogP contribution is -2.22. The summed E-state index contributed by atoms with van der Waals surface area (Å²) in [6.07, 6.45) is 1.46. The number of aromatic nitrogens is 1. The van der Waals surface area contributed by atoms with Gasteiger partial charge in [-0.2, -0.15) is 10.4 Å². The maximum Gasteiger partial charge on any atom is 0.308 e. The van der Waals surface area contributed by atoms with Crippen LogP contribution in [0, 0.1) is 25.2 Å². The number of hydrogen-bond donors (Lipinski definition) is 0. The Hall–Kier alpha value is -3.40. The maximum absolute atomic E-state index is 12.3. The molecule has 0 aliphatic rings. The van der Waals surface area contributed by atoms with E-state index >= 15 is 0 Å². The minimum Gasteiger partial charge on any atom is -0.493 e. The van der Waals surface area contributed by atoms with E-state index in [1.807, 2.05) is 6.07 Å². The number of nitrogens with zero attached hydrogens (tertiary/aromatic N) is 3. The van der Waals surface area contributed by atoms with Gasteiger partial charge in [-0.15, -0.1) is 0 Å². The zero-order valence-electron chi connectivity index (χ0n) is 14.4. The van der Waals surface area contributed by atoms with Gasteiger partial charge in [0.2, 0.25) is 0 Å². The second kappa shape index (κ2) is 7.45. The first kappa shape index (κ1) is 17.9. The zero-order valence-corrected chi connectivity index (χ0v) is 14.4. The number of hydrogen-bond acceptors (Lipinski definition) is 6. The molecule has 0 fully saturated rings. The number of esters is 1. The van der Waals surface area contributed by atoms with Crippen LogP contribution in [0.4, 0.5) is 0 Å². The van der Waals surface area contributed by atoms with Crippen molar-refractivity contribution in [2.24, 2.45) is 5.10 Å². The lowest BCUT2D eigenvalue weighted by molar-refractivity contribution is -0.132. The fraction of sp³-hybridized carbons (Fsp3) is 0.222. The van der Waals surface area contributed by atoms with Gasteiger partial charge in [-0.05, 0) is 49.2 Å². The Labute approximate surface area is 144 Å². The summed E-state index contributed by atoms with van der Waals surface area (Å²) in [5, 5.41) is 13.3. The van der Waals surface area contributed by atoms with Gasteiger partial charge in [-0.1, -0.05) is 0 Å². The maximum atomic E-state index is 12.3. The van der Waals surface area contributed by atoms with E-state index in [-0.39, 0.29) is 5.56 Å². The van der Waals surface area contributed by atoms with Crippen molar-refractivity contribution in [2.45, 2.75) is 20.8 Å². The lowest BCUT2D eigenvalue weighted by Gasteiger charge is -2.09. The van der Waals surface area contributed by atoms with Gasteiger partial charge in [-0.3, -0.25) is 9.59 Å². The summed E-state index contributed by atoms with van der Waals surface area (Å²) in [4.78, 5) is 23.4. The first-order chi connectivity index (χ1) is 11.9. The van der Waals surface area contributed by atoms with E-state index < -0.39 is 11.5 Å². The number of ether oxygens (including phenoxy) is 2. The van der Waals surface area contributed by atoms with Crippen LogP contribution in [0.1, 0.15) is 29.3 Å². The van der Waals surface area contributed by atoms with E-state index in [0.29, 0.717) is 28.3 Å². The van der Waals surface area contributed by atoms with Crippen molar-refractivity contribution in [3.8, 4) is 17.6 Å². The predicted molar refractivity (Wildman–Crippen MR) is 92.2 cm³/mol. The van der Waals surface area contributed by atoms with E-state index in [1.165, 1.54) is 20.2 Å². The number of methoxy groups -OCH3 is 1. The molecule has 1 aromatic carbocycles. The summed E-state index contributed by atoms with van der Waals surface area (Å²) in [5.74, 6) is 0.207. The first-order valence-corrected chi connectivity index (χ1v) is 7.41. The highest BCUT2D eigenvalue weighted by Gasteiger charge is 2.10. The molecule has 0 unspecified atom stereocenters. The van der Waals surface area contributed by atoms with Gasteiger partial charge in [0.15, 0.2) is 11.5 Å². The van der Waals surface area contributed by atoms with Gasteiger partial charge in [0.05, 0.1) is 13.3 Å². The third kappa shape index (κ3) is 3.93. The van der Waals surface area contributed by atoms with E-state index in [1.54, 1.807) is 38.1 Å². The van der Waals surface area contributed by atoms with Crippen molar-refractivity contribution in [1.82, 2.24) is 4.68 Å². The molecule has 2 aromatic rings. The van der Waals surface area contributed by atoms with Gasteiger partial charge < -0.3 is 9.47 Å². The van der Waals surface area contributed by atoms with Crippen LogP contribution in [0.25, 0.3) is 0 Å². The summed E-state index contributed by atoms with van der Waals surface area (Å²) in [5.41, 5.74) is 1.45. The molecule has 1 aromatic heterocycles. The molecule has 0 aliphatic heterocycles. The Kier molecular flexibility index (Phi) is 5.35. The summed E-state index contributed by atoms with van der Waals surface area (Å²) < 4.78 is 11.4. The van der Waals surface area contributed by atoms with Crippen LogP contribution in [-0.4, -0.2) is 24.0 Å². The minimum atomic E-state index is -0.472. The zero-order chi connectivity index (χ0) is 18.6. The van der Waals surface area contributed by atoms with Crippen LogP contribution in [0.2, 0.25) is 0 Å². The molecule has 7 nitrogen and oxygen atoms in total. The molecule has 0 amide bonds. The molecule has 128 valence electrons. The Morgan fingerprint density at radius 3 is 2.60 bits per heavy atom. The molecule has 0 aliphatic carbocycles. The second-order valence-corrected chi connectivity index (χ2v) is 5.32. The normalized spacial score (nSPS) is 10.5. The highest BCUT2D eigenvalue weighted by molar-refractivity contribution is 5.81. The van der Waals surface area contributed by atoms with Crippen LogP contribution >= 0.6 is 0 Å². The molecule has 25 heavy (non-hydrogen) atoms. The predicted octanol–water partition coefficient (Wildman–Crippen LogP) is 2.15. The van der Waals surface area contributed by atoms with Gasteiger partial charge in [-0.25, -0.2) is 4.68 Å². The highest BCUT2D eigenvalue weighted by Crippen LogP contribution is 2.27. The average molecular weight is 339 g/mol. The molecule has 0 saturated carbocycles. The summed E-state index contributed by atoms with van der Waals surface area (Å²) >= 11 is 0. The number of nitriles is 1. The monoisotopic (exact) mass is 339 g/mol. The number of carbonyl (C=O) groups excluding carboxylic acids is 1. The first-order valence-electron chi connectivity index (χ1n) is 7.41. The Balaban J connectivity index is 2.42. The van der Waals surface area contributed by atoms with Crippen molar-refractivity contribution in [2.75, 3.05) is 7.11 Å². The van der Waals surface area contributed by atoms with Crippen LogP contribution in [-0.2, 0) is 4.79 Å². The van der Waals surface area contributed by atoms with E-state index in [4.69, 9.17) is 14.7 Å². The van der Waals surface area contributed by atoms with Crippen molar-refractivity contribution in [1.29, 1.82) is 5.26 Å². The number of benzene rings is 1. The molecule has 0 spiro atoms. The van der Waals surface area contributed by atoms with E-state index in [9.17, 15) is 9.59 Å². The molecule has 2 rings (SSSR count). The summed E-state index contributed by atoms with van der Waals surface area (Å²) in [6, 6.07) is 8.50. The van der Waals surface area contributed by atoms with Gasteiger partial charge in [0, 0.05) is 12.6 Å². The fourth-order valence-electron chi connectivity index (χ4n) is 2.29. The molecule has 0 atom stereocenters. The summed E-state index contributed by atoms with van der Waals surface area (Å²) in [6.45, 7) is 4.74. The summed E-state index contributed by atoms with van der Waals surface area (Å²) in [7, 11) is 1.46. The smallest absolute Gasteiger partial charge is 0.308 e. The minimum absolute atomic E-state index is 0.0607. The number of pyridine rings is 1. The van der Waals surface area contributed by atoms with Crippen LogP contribution in [0.5, 0.6) is 11.5 Å². The third-order valence-corrected chi connectivity index (χ3v) is 3.44. The van der Waals surface area contributed by atoms with Crippen LogP contribution in [0.3, 0.4) is 0 Å². The van der Waals surface area contributed by atoms with Gasteiger partial charge in [0.25, 0.3) is 5.56 Å². The van der Waals surface area contributed by atoms with E-state index in [0.717, 1.165) is 4.68 Å². The Morgan fingerprint density at radius 2 is 2.00 bits per heavy atom. The molecular formula is C18H17N3O4. The molecule has 0 N–H and O–H groups in total. The van der Waals surface area contributed by atoms with Crippen molar-refractivity contribution >= 4 is 12.2 Å². The average Bonchev–Trinajstić information content (AvgIpc) is 2.55. The number of rotatable bonds is 4. The van der Waals surface area contributed by atoms with Crippen LogP contribution < -0.4 is 15.0 Å². The standard InChI is InChI=1S/C18H17N3O4/c1-11-7-12(2)21(18(23)15(11)9-19)20-10-14-5-6-16(25-13(3)22)17(8-14)24-4/h5-8,10H,1-4H3/b20-10-. The Bertz CT molecular complexity index is 952. The Morgan fingerprint density at radius 1 is 1.28 bits per heavy atom. The fourth-order valence-corrected chi connectivity index (χ4v) is 2.29. The highest BCUT2D eigenvalue weighted by atomic mass is 16.6. The largest absolute Gasteiger partial charge is 0.493 e. The SMILES string of the molecule is COc1cc(/C=N\n2c(C)cc(C)c(C#N)c2=O)ccc1OC(C)=O. The van der Waals surface area contributed by atoms with Crippen molar-refractivity contribution in [3.05, 3.63) is 57.0 Å². The van der Waals surface area contributed by atoms with Gasteiger partial charge >= 0.3 is 5.97 Å². The van der Waals surface area contributed by atoms with Crippen LogP contribution in [0.15, 0.2) is 34.2 Å². The van der Waals surface area contributed by atoms with Crippen molar-refractivity contribution in [3.63, 3.8) is 0 Å². The number of aryl methyl sites for hydroxylation is 2. The van der Waals surface area contributed by atoms with Gasteiger partial charge in [0.1, 0.15) is 11.6 Å². The van der Waals surface area contributed by atoms with E-state index in [2.05, 4.69) is 5.10 Å². The molecule has 7 heteroatoms. The molecule has 1 heterocycles. The quantitative estimate of drug-likeness (QED) is 0.483.